The summed E-state index contributed by atoms with van der Waals surface area (Å²) >= 11 is 0. The third-order valence-corrected chi connectivity index (χ3v) is 3.78. The zero-order chi connectivity index (χ0) is 15.9. The first-order valence-electron chi connectivity index (χ1n) is 7.74. The summed E-state index contributed by atoms with van der Waals surface area (Å²) in [6, 6.07) is 10.1. The van der Waals surface area contributed by atoms with Crippen LogP contribution in [0.1, 0.15) is 37.9 Å². The topological polar surface area (TPSA) is 52.0 Å². The van der Waals surface area contributed by atoms with Crippen molar-refractivity contribution >= 4 is 11.6 Å². The first kappa shape index (κ1) is 16.1. The fourth-order valence-corrected chi connectivity index (χ4v) is 2.50. The Labute approximate surface area is 131 Å². The summed E-state index contributed by atoms with van der Waals surface area (Å²) in [6.45, 7) is 4.33. The highest BCUT2D eigenvalue weighted by Crippen LogP contribution is 2.14. The average Bonchev–Trinajstić information content (AvgIpc) is 2.99. The molecule has 0 atom stereocenters. The first-order valence-corrected chi connectivity index (χ1v) is 7.74. The van der Waals surface area contributed by atoms with Gasteiger partial charge in [0.25, 0.3) is 0 Å². The minimum absolute atomic E-state index is 0.00413. The number of hydrogen-bond donors (Lipinski definition) is 0. The minimum atomic E-state index is -0.546. The van der Waals surface area contributed by atoms with Gasteiger partial charge in [-0.15, -0.1) is 0 Å². The lowest BCUT2D eigenvalue weighted by Crippen LogP contribution is -2.25. The summed E-state index contributed by atoms with van der Waals surface area (Å²) in [5, 5.41) is 0. The van der Waals surface area contributed by atoms with E-state index in [1.165, 1.54) is 5.56 Å². The second-order valence-electron chi connectivity index (χ2n) is 5.42. The van der Waals surface area contributed by atoms with Crippen molar-refractivity contribution in [1.29, 1.82) is 0 Å². The molecular weight excluding hydrogens is 276 g/mol. The molecule has 0 aliphatic rings. The third-order valence-electron chi connectivity index (χ3n) is 3.78. The van der Waals surface area contributed by atoms with E-state index in [1.807, 2.05) is 29.0 Å². The fraction of sp³-hybridized carbons (Fsp3) is 0.389. The van der Waals surface area contributed by atoms with E-state index in [-0.39, 0.29) is 11.6 Å². The van der Waals surface area contributed by atoms with Gasteiger partial charge in [-0.05, 0) is 5.56 Å². The molecule has 22 heavy (non-hydrogen) atoms. The minimum Gasteiger partial charge on any atom is -0.333 e. The van der Waals surface area contributed by atoms with Gasteiger partial charge in [0.1, 0.15) is 11.6 Å². The van der Waals surface area contributed by atoms with Gasteiger partial charge >= 0.3 is 0 Å². The molecule has 0 spiro atoms. The summed E-state index contributed by atoms with van der Waals surface area (Å²) in [5.74, 6) is -0.538. The Balaban J connectivity index is 2.07. The van der Waals surface area contributed by atoms with Crippen molar-refractivity contribution in [2.45, 2.75) is 39.7 Å². The zero-order valence-corrected chi connectivity index (χ0v) is 13.2. The van der Waals surface area contributed by atoms with Gasteiger partial charge in [0.05, 0.1) is 17.9 Å². The molecule has 0 aliphatic heterocycles. The molecule has 1 aromatic carbocycles. The number of benzene rings is 1. The van der Waals surface area contributed by atoms with E-state index in [0.29, 0.717) is 19.3 Å². The molecule has 0 radical (unpaired) electrons. The lowest BCUT2D eigenvalue weighted by molar-refractivity contribution is -0.132. The number of aromatic nitrogens is 2. The highest BCUT2D eigenvalue weighted by Gasteiger charge is 2.24. The van der Waals surface area contributed by atoms with E-state index < -0.39 is 5.92 Å². The van der Waals surface area contributed by atoms with Gasteiger partial charge in [-0.3, -0.25) is 9.59 Å². The molecule has 2 rings (SSSR count). The van der Waals surface area contributed by atoms with Crippen LogP contribution in [0, 0.1) is 5.92 Å². The number of nitrogens with zero attached hydrogens (tertiary/aromatic N) is 2. The molecule has 1 aromatic heterocycles. The van der Waals surface area contributed by atoms with Crippen molar-refractivity contribution in [2.75, 3.05) is 0 Å². The second kappa shape index (κ2) is 7.69. The quantitative estimate of drug-likeness (QED) is 0.704. The Morgan fingerprint density at radius 2 is 1.73 bits per heavy atom. The largest absolute Gasteiger partial charge is 0.333 e. The van der Waals surface area contributed by atoms with E-state index in [2.05, 4.69) is 17.1 Å². The van der Waals surface area contributed by atoms with Crippen molar-refractivity contribution in [3.8, 4) is 0 Å². The number of ketones is 2. The molecule has 0 fully saturated rings. The smallest absolute Gasteiger partial charge is 0.143 e. The van der Waals surface area contributed by atoms with E-state index >= 15 is 0 Å². The molecule has 0 saturated heterocycles. The summed E-state index contributed by atoms with van der Waals surface area (Å²) < 4.78 is 1.98. The van der Waals surface area contributed by atoms with Gasteiger partial charge in [-0.1, -0.05) is 44.2 Å². The molecule has 2 aromatic rings. The van der Waals surface area contributed by atoms with Crippen LogP contribution < -0.4 is 0 Å². The average molecular weight is 298 g/mol. The van der Waals surface area contributed by atoms with Gasteiger partial charge in [0.15, 0.2) is 0 Å². The lowest BCUT2D eigenvalue weighted by Gasteiger charge is -2.11. The van der Waals surface area contributed by atoms with Crippen LogP contribution in [0.4, 0.5) is 0 Å². The van der Waals surface area contributed by atoms with E-state index in [0.717, 1.165) is 12.2 Å². The maximum absolute atomic E-state index is 12.0. The summed E-state index contributed by atoms with van der Waals surface area (Å²) in [4.78, 5) is 28.3. The molecule has 116 valence electrons. The molecule has 0 bridgehead atoms. The van der Waals surface area contributed by atoms with Crippen molar-refractivity contribution in [3.05, 3.63) is 54.1 Å². The van der Waals surface area contributed by atoms with Crippen LogP contribution in [-0.4, -0.2) is 21.1 Å². The SMILES string of the molecule is CCC(=O)C(Cc1cn(Cc2ccccc2)cn1)C(=O)CC. The van der Waals surface area contributed by atoms with Crippen LogP contribution in [-0.2, 0) is 22.6 Å². The monoisotopic (exact) mass is 298 g/mol. The number of carbonyl (C=O) groups excluding carboxylic acids is 2. The number of rotatable bonds is 8. The van der Waals surface area contributed by atoms with E-state index in [1.54, 1.807) is 20.2 Å². The zero-order valence-electron chi connectivity index (χ0n) is 13.2. The normalized spacial score (nSPS) is 10.9. The Morgan fingerprint density at radius 1 is 1.09 bits per heavy atom. The Hall–Kier alpha value is -2.23. The molecule has 0 aliphatic carbocycles. The summed E-state index contributed by atoms with van der Waals surface area (Å²) in [5.41, 5.74) is 1.99. The van der Waals surface area contributed by atoms with Crippen molar-refractivity contribution in [3.63, 3.8) is 0 Å². The molecule has 0 N–H and O–H groups in total. The maximum atomic E-state index is 12.0. The summed E-state index contributed by atoms with van der Waals surface area (Å²) in [7, 11) is 0. The van der Waals surface area contributed by atoms with Gasteiger partial charge in [-0.25, -0.2) is 4.98 Å². The molecule has 0 amide bonds. The lowest BCUT2D eigenvalue weighted by atomic mass is 9.91. The highest BCUT2D eigenvalue weighted by atomic mass is 16.1. The standard InChI is InChI=1S/C18H22N2O2/c1-3-17(21)16(18(22)4-2)10-15-12-20(13-19-15)11-14-8-6-5-7-9-14/h5-9,12-13,16H,3-4,10-11H2,1-2H3. The highest BCUT2D eigenvalue weighted by molar-refractivity contribution is 6.02. The molecule has 4 nitrogen and oxygen atoms in total. The number of Topliss-reactive ketones (excluding diaryl/α,β-unsaturated/α-hetero) is 2. The molecular formula is C18H22N2O2. The van der Waals surface area contributed by atoms with Crippen LogP contribution in [0.15, 0.2) is 42.9 Å². The van der Waals surface area contributed by atoms with Crippen LogP contribution in [0.3, 0.4) is 0 Å². The van der Waals surface area contributed by atoms with Crippen LogP contribution in [0.5, 0.6) is 0 Å². The fourth-order valence-electron chi connectivity index (χ4n) is 2.50. The number of imidazole rings is 1. The van der Waals surface area contributed by atoms with Crippen LogP contribution in [0.2, 0.25) is 0 Å². The Morgan fingerprint density at radius 3 is 2.32 bits per heavy atom. The van der Waals surface area contributed by atoms with Crippen molar-refractivity contribution in [2.24, 2.45) is 5.92 Å². The predicted octanol–water partition coefficient (Wildman–Crippen LogP) is 3.05. The molecule has 1 heterocycles. The van der Waals surface area contributed by atoms with Crippen molar-refractivity contribution < 1.29 is 9.59 Å². The van der Waals surface area contributed by atoms with Gasteiger partial charge in [-0.2, -0.15) is 0 Å². The van der Waals surface area contributed by atoms with Gasteiger partial charge in [0, 0.05) is 32.0 Å². The Bertz CT molecular complexity index is 616. The number of carbonyl (C=O) groups is 2. The van der Waals surface area contributed by atoms with E-state index in [9.17, 15) is 9.59 Å². The van der Waals surface area contributed by atoms with Gasteiger partial charge < -0.3 is 4.57 Å². The second-order valence-corrected chi connectivity index (χ2v) is 5.42. The summed E-state index contributed by atoms with van der Waals surface area (Å²) in [6.07, 6.45) is 4.86. The number of hydrogen-bond acceptors (Lipinski definition) is 3. The van der Waals surface area contributed by atoms with Crippen LogP contribution in [0.25, 0.3) is 0 Å². The molecule has 4 heteroatoms. The maximum Gasteiger partial charge on any atom is 0.143 e. The Kier molecular flexibility index (Phi) is 5.64. The van der Waals surface area contributed by atoms with Crippen molar-refractivity contribution in [1.82, 2.24) is 9.55 Å². The third kappa shape index (κ3) is 4.13. The van der Waals surface area contributed by atoms with E-state index in [4.69, 9.17) is 0 Å². The predicted molar refractivity (Wildman–Crippen MR) is 85.6 cm³/mol. The van der Waals surface area contributed by atoms with Gasteiger partial charge in [0.2, 0.25) is 0 Å². The first-order chi connectivity index (χ1) is 10.6. The molecule has 0 unspecified atom stereocenters. The van der Waals surface area contributed by atoms with Crippen LogP contribution >= 0.6 is 0 Å². The molecule has 0 saturated carbocycles.